The average molecular weight is 581 g/mol. The summed E-state index contributed by atoms with van der Waals surface area (Å²) in [7, 11) is -4.23. The maximum absolute atomic E-state index is 15.8. The fraction of sp³-hybridized carbons (Fsp3) is 0.522. The lowest BCUT2D eigenvalue weighted by Gasteiger charge is -2.28. The van der Waals surface area contributed by atoms with Crippen LogP contribution in [0.25, 0.3) is 11.2 Å². The van der Waals surface area contributed by atoms with Crippen molar-refractivity contribution in [3.63, 3.8) is 0 Å². The standard InChI is InChI=1S/C23H29FN7O8P/c1-10(2)20(33)35-6-12-5-27-11(3)16-13(12)7-36-40(34,39-16)37-8-14-17(32)23(4,24)21(38-14)31-9-28-15-18(25)29-22(26)30-19(15)31/h5,9-10,14,17,21,32H,6-8H2,1-4H3,(H4,25,26,29,30)/t14-,17+,21-,23+,40?/m1/s1. The van der Waals surface area contributed by atoms with Gasteiger partial charge in [0.25, 0.3) is 0 Å². The van der Waals surface area contributed by atoms with Gasteiger partial charge in [-0.2, -0.15) is 9.97 Å². The number of alkyl halides is 1. The Hall–Kier alpha value is -3.43. The van der Waals surface area contributed by atoms with Crippen molar-refractivity contribution in [3.05, 3.63) is 29.3 Å². The number of esters is 1. The van der Waals surface area contributed by atoms with Gasteiger partial charge in [-0.1, -0.05) is 13.8 Å². The Morgan fingerprint density at radius 3 is 2.83 bits per heavy atom. The first-order chi connectivity index (χ1) is 18.8. The van der Waals surface area contributed by atoms with Gasteiger partial charge in [-0.15, -0.1) is 0 Å². The van der Waals surface area contributed by atoms with Crippen molar-refractivity contribution >= 4 is 36.7 Å². The zero-order valence-corrected chi connectivity index (χ0v) is 23.0. The number of aryl methyl sites for hydroxylation is 1. The fourth-order valence-corrected chi connectivity index (χ4v) is 5.65. The number of anilines is 2. The molecule has 2 aliphatic heterocycles. The van der Waals surface area contributed by atoms with Crippen LogP contribution in [0.2, 0.25) is 0 Å². The number of aliphatic hydroxyl groups excluding tert-OH is 1. The topological polar surface area (TPSA) is 209 Å². The second-order valence-corrected chi connectivity index (χ2v) is 11.6. The number of ether oxygens (including phenoxy) is 2. The number of halogens is 1. The lowest BCUT2D eigenvalue weighted by Crippen LogP contribution is -2.40. The van der Waals surface area contributed by atoms with E-state index in [4.69, 9.17) is 34.5 Å². The van der Waals surface area contributed by atoms with E-state index in [1.807, 2.05) is 0 Å². The lowest BCUT2D eigenvalue weighted by atomic mass is 9.98. The number of aromatic nitrogens is 5. The van der Waals surface area contributed by atoms with Crippen molar-refractivity contribution in [1.29, 1.82) is 0 Å². The van der Waals surface area contributed by atoms with E-state index in [-0.39, 0.29) is 47.8 Å². The molecule has 5 heterocycles. The van der Waals surface area contributed by atoms with Crippen LogP contribution >= 0.6 is 7.82 Å². The van der Waals surface area contributed by atoms with Crippen LogP contribution in [0.3, 0.4) is 0 Å². The molecule has 216 valence electrons. The molecule has 1 fully saturated rings. The minimum Gasteiger partial charge on any atom is -0.461 e. The van der Waals surface area contributed by atoms with Crippen molar-refractivity contribution in [2.75, 3.05) is 18.1 Å². The predicted octanol–water partition coefficient (Wildman–Crippen LogP) is 2.11. The third kappa shape index (κ3) is 4.97. The Kier molecular flexibility index (Phi) is 7.17. The predicted molar refractivity (Wildman–Crippen MR) is 136 cm³/mol. The minimum atomic E-state index is -4.23. The number of carbonyl (C=O) groups excluding carboxylic acids is 1. The van der Waals surface area contributed by atoms with Crippen molar-refractivity contribution in [1.82, 2.24) is 24.5 Å². The summed E-state index contributed by atoms with van der Waals surface area (Å²) in [5, 5.41) is 10.7. The Morgan fingerprint density at radius 1 is 1.35 bits per heavy atom. The zero-order valence-electron chi connectivity index (χ0n) is 22.1. The van der Waals surface area contributed by atoms with Crippen LogP contribution in [0.1, 0.15) is 43.8 Å². The SMILES string of the molecule is Cc1ncc(COC(=O)C(C)C)c2c1OP(=O)(OC[C@H]1O[C@@H](n3cnc4c(N)nc(N)nc43)[C@@](C)(F)[C@H]1O)OC2. The Labute approximate surface area is 227 Å². The van der Waals surface area contributed by atoms with Crippen molar-refractivity contribution in [2.45, 2.75) is 65.0 Å². The van der Waals surface area contributed by atoms with E-state index in [9.17, 15) is 14.5 Å². The molecule has 0 aliphatic carbocycles. The van der Waals surface area contributed by atoms with Gasteiger partial charge in [0.2, 0.25) is 5.95 Å². The van der Waals surface area contributed by atoms with Crippen LogP contribution in [0.5, 0.6) is 5.75 Å². The lowest BCUT2D eigenvalue weighted by molar-refractivity contribution is -0.148. The summed E-state index contributed by atoms with van der Waals surface area (Å²) in [6.45, 7) is 5.38. The summed E-state index contributed by atoms with van der Waals surface area (Å²) >= 11 is 0. The van der Waals surface area contributed by atoms with E-state index in [1.165, 1.54) is 17.1 Å². The van der Waals surface area contributed by atoms with E-state index >= 15 is 4.39 Å². The molecule has 3 aromatic rings. The van der Waals surface area contributed by atoms with Gasteiger partial charge in [0.15, 0.2) is 29.1 Å². The number of fused-ring (bicyclic) bond motifs is 2. The molecule has 0 amide bonds. The molecule has 0 aromatic carbocycles. The summed E-state index contributed by atoms with van der Waals surface area (Å²) in [5.74, 6) is -0.699. The number of hydrogen-bond donors (Lipinski definition) is 3. The van der Waals surface area contributed by atoms with E-state index in [2.05, 4.69) is 19.9 Å². The average Bonchev–Trinajstić information content (AvgIpc) is 3.40. The second-order valence-electron chi connectivity index (χ2n) is 9.96. The summed E-state index contributed by atoms with van der Waals surface area (Å²) in [6, 6.07) is 0. The smallest absolute Gasteiger partial charge is 0.461 e. The number of nitrogens with two attached hydrogens (primary N) is 2. The molecule has 0 bridgehead atoms. The highest BCUT2D eigenvalue weighted by atomic mass is 31.2. The highest BCUT2D eigenvalue weighted by Gasteiger charge is 2.56. The number of rotatable bonds is 7. The maximum atomic E-state index is 15.8. The first-order valence-corrected chi connectivity index (χ1v) is 13.8. The minimum absolute atomic E-state index is 0.00348. The molecule has 0 spiro atoms. The number of nitrogen functional groups attached to an aromatic ring is 2. The Balaban J connectivity index is 1.31. The van der Waals surface area contributed by atoms with E-state index in [0.717, 1.165) is 6.92 Å². The first kappa shape index (κ1) is 28.1. The van der Waals surface area contributed by atoms with Gasteiger partial charge in [0.05, 0.1) is 31.2 Å². The third-order valence-electron chi connectivity index (χ3n) is 6.65. The van der Waals surface area contributed by atoms with Crippen molar-refractivity contribution in [2.24, 2.45) is 5.92 Å². The van der Waals surface area contributed by atoms with Gasteiger partial charge in [-0.3, -0.25) is 23.4 Å². The summed E-state index contributed by atoms with van der Waals surface area (Å²) in [5.41, 5.74) is 10.9. The van der Waals surface area contributed by atoms with Crippen molar-refractivity contribution < 1.29 is 41.9 Å². The molecule has 0 radical (unpaired) electrons. The quantitative estimate of drug-likeness (QED) is 0.270. The molecule has 17 heteroatoms. The van der Waals surface area contributed by atoms with Crippen LogP contribution in [0.4, 0.5) is 16.2 Å². The number of imidazole rings is 1. The van der Waals surface area contributed by atoms with Gasteiger partial charge >= 0.3 is 13.8 Å². The van der Waals surface area contributed by atoms with Gasteiger partial charge < -0.3 is 30.6 Å². The van der Waals surface area contributed by atoms with Gasteiger partial charge in [-0.25, -0.2) is 13.9 Å². The van der Waals surface area contributed by atoms with Crippen molar-refractivity contribution in [3.8, 4) is 5.75 Å². The molecule has 15 nitrogen and oxygen atoms in total. The van der Waals surface area contributed by atoms with Gasteiger partial charge in [-0.05, 0) is 13.8 Å². The molecule has 1 unspecified atom stereocenters. The Morgan fingerprint density at radius 2 is 2.10 bits per heavy atom. The number of hydrogen-bond acceptors (Lipinski definition) is 14. The third-order valence-corrected chi connectivity index (χ3v) is 7.96. The summed E-state index contributed by atoms with van der Waals surface area (Å²) in [4.78, 5) is 28.1. The molecule has 3 aromatic heterocycles. The number of phosphoric acid groups is 1. The molecule has 40 heavy (non-hydrogen) atoms. The van der Waals surface area contributed by atoms with E-state index < -0.39 is 44.5 Å². The number of carbonyl (C=O) groups is 1. The normalized spacial score (nSPS) is 28.0. The van der Waals surface area contributed by atoms with Crippen LogP contribution in [0.15, 0.2) is 12.5 Å². The maximum Gasteiger partial charge on any atom is 0.530 e. The molecule has 2 aliphatic rings. The van der Waals surface area contributed by atoms with E-state index in [1.54, 1.807) is 20.8 Å². The van der Waals surface area contributed by atoms with Gasteiger partial charge in [0.1, 0.15) is 24.3 Å². The monoisotopic (exact) mass is 581 g/mol. The summed E-state index contributed by atoms with van der Waals surface area (Å²) < 4.78 is 57.9. The molecule has 1 saturated heterocycles. The van der Waals surface area contributed by atoms with Crippen LogP contribution in [0, 0.1) is 12.8 Å². The fourth-order valence-electron chi connectivity index (χ4n) is 4.38. The largest absolute Gasteiger partial charge is 0.530 e. The Bertz CT molecular complexity index is 1520. The van der Waals surface area contributed by atoms with Crippen LogP contribution < -0.4 is 16.0 Å². The number of phosphoric ester groups is 1. The highest BCUT2D eigenvalue weighted by molar-refractivity contribution is 7.49. The zero-order chi connectivity index (χ0) is 29.0. The second kappa shape index (κ2) is 10.2. The van der Waals surface area contributed by atoms with Crippen LogP contribution in [-0.2, 0) is 41.1 Å². The first-order valence-electron chi connectivity index (χ1n) is 12.3. The summed E-state index contributed by atoms with van der Waals surface area (Å²) in [6.07, 6.45) is -1.64. The number of aliphatic hydroxyl groups is 1. The molecule has 5 atom stereocenters. The number of nitrogens with zero attached hydrogens (tertiary/aromatic N) is 5. The van der Waals surface area contributed by atoms with Crippen LogP contribution in [-0.4, -0.2) is 60.1 Å². The molecular weight excluding hydrogens is 552 g/mol. The molecule has 0 saturated carbocycles. The highest BCUT2D eigenvalue weighted by Crippen LogP contribution is 2.56. The van der Waals surface area contributed by atoms with E-state index in [0.29, 0.717) is 16.8 Å². The molecule has 5 N–H and O–H groups in total. The van der Waals surface area contributed by atoms with Gasteiger partial charge in [0, 0.05) is 17.3 Å². The molecular formula is C23H29FN7O8P. The number of pyridine rings is 1. The molecule has 5 rings (SSSR count).